The highest BCUT2D eigenvalue weighted by Crippen LogP contribution is 2.12. The van der Waals surface area contributed by atoms with Gasteiger partial charge in [-0.1, -0.05) is 0 Å². The van der Waals surface area contributed by atoms with E-state index >= 15 is 0 Å². The summed E-state index contributed by atoms with van der Waals surface area (Å²) in [5, 5.41) is 2.65. The molecular weight excluding hydrogens is 240 g/mol. The summed E-state index contributed by atoms with van der Waals surface area (Å²) >= 11 is 1.05. The molecule has 2 rings (SSSR count). The summed E-state index contributed by atoms with van der Waals surface area (Å²) < 4.78 is 12.9. The molecule has 0 fully saturated rings. The molecule has 0 aliphatic carbocycles. The number of urea groups is 1. The molecule has 2 amide bonds. The smallest absolute Gasteiger partial charge is 0.323 e. The predicted octanol–water partition coefficient (Wildman–Crippen LogP) is 2.10. The molecule has 2 aromatic rings. The van der Waals surface area contributed by atoms with Gasteiger partial charge in [0.05, 0.1) is 30.7 Å². The highest BCUT2D eigenvalue weighted by atomic mass is 32.1. The van der Waals surface area contributed by atoms with Crippen LogP contribution in [0.2, 0.25) is 0 Å². The lowest BCUT2D eigenvalue weighted by Gasteiger charge is -2.16. The first kappa shape index (κ1) is 11.6. The van der Waals surface area contributed by atoms with Gasteiger partial charge in [0.2, 0.25) is 0 Å². The van der Waals surface area contributed by atoms with Crippen LogP contribution < -0.4 is 5.32 Å². The minimum atomic E-state index is -0.224. The van der Waals surface area contributed by atoms with Crippen molar-refractivity contribution in [3.8, 4) is 0 Å². The lowest BCUT2D eigenvalue weighted by atomic mass is 10.2. The molecule has 7 heteroatoms. The third-order valence-corrected chi connectivity index (χ3v) is 2.79. The maximum absolute atomic E-state index is 11.8. The molecule has 0 spiro atoms. The highest BCUT2D eigenvalue weighted by Gasteiger charge is 2.12. The van der Waals surface area contributed by atoms with Crippen molar-refractivity contribution >= 4 is 23.6 Å². The Morgan fingerprint density at radius 2 is 2.47 bits per heavy atom. The standard InChI is InChI=1S/C10H12N4O2S/c1-7-8(3-4-16-7)6-14(2)10(15)12-9-5-11-17-13-9/h3-5H,6H2,1-2H3,(H,12,13,15). The van der Waals surface area contributed by atoms with E-state index < -0.39 is 0 Å². The molecule has 0 unspecified atom stereocenters. The third kappa shape index (κ3) is 2.82. The molecule has 0 atom stereocenters. The fourth-order valence-electron chi connectivity index (χ4n) is 1.33. The molecule has 90 valence electrons. The van der Waals surface area contributed by atoms with Crippen molar-refractivity contribution in [2.75, 3.05) is 12.4 Å². The van der Waals surface area contributed by atoms with Crippen molar-refractivity contribution in [1.82, 2.24) is 13.6 Å². The van der Waals surface area contributed by atoms with Crippen LogP contribution in [0.5, 0.6) is 0 Å². The van der Waals surface area contributed by atoms with Crippen molar-refractivity contribution in [2.24, 2.45) is 0 Å². The van der Waals surface area contributed by atoms with Gasteiger partial charge in [-0.15, -0.1) is 0 Å². The predicted molar refractivity (Wildman–Crippen MR) is 63.8 cm³/mol. The number of carbonyl (C=O) groups excluding carboxylic acids is 1. The van der Waals surface area contributed by atoms with E-state index in [1.54, 1.807) is 18.2 Å². The van der Waals surface area contributed by atoms with Gasteiger partial charge in [0.1, 0.15) is 5.76 Å². The van der Waals surface area contributed by atoms with Gasteiger partial charge in [-0.05, 0) is 13.0 Å². The minimum Gasteiger partial charge on any atom is -0.469 e. The van der Waals surface area contributed by atoms with E-state index in [1.165, 1.54) is 6.20 Å². The maximum Gasteiger partial charge on any atom is 0.323 e. The molecule has 0 aliphatic heterocycles. The van der Waals surface area contributed by atoms with Gasteiger partial charge in [-0.25, -0.2) is 4.79 Å². The lowest BCUT2D eigenvalue weighted by molar-refractivity contribution is 0.220. The number of nitrogens with zero attached hydrogens (tertiary/aromatic N) is 3. The fourth-order valence-corrected chi connectivity index (χ4v) is 1.70. The van der Waals surface area contributed by atoms with Crippen LogP contribution >= 0.6 is 11.7 Å². The molecule has 17 heavy (non-hydrogen) atoms. The first-order chi connectivity index (χ1) is 8.16. The van der Waals surface area contributed by atoms with Crippen LogP contribution in [0.25, 0.3) is 0 Å². The Hall–Kier alpha value is -1.89. The summed E-state index contributed by atoms with van der Waals surface area (Å²) in [5.41, 5.74) is 0.985. The molecular formula is C10H12N4O2S. The van der Waals surface area contributed by atoms with Gasteiger partial charge < -0.3 is 9.32 Å². The van der Waals surface area contributed by atoms with Crippen LogP contribution in [0.3, 0.4) is 0 Å². The number of anilines is 1. The van der Waals surface area contributed by atoms with Gasteiger partial charge in [0.25, 0.3) is 0 Å². The average molecular weight is 252 g/mol. The Morgan fingerprint density at radius 3 is 3.06 bits per heavy atom. The summed E-state index contributed by atoms with van der Waals surface area (Å²) in [4.78, 5) is 13.3. The SMILES string of the molecule is Cc1occc1CN(C)C(=O)Nc1cnsn1. The minimum absolute atomic E-state index is 0.224. The lowest BCUT2D eigenvalue weighted by Crippen LogP contribution is -2.30. The number of aromatic nitrogens is 2. The van der Waals surface area contributed by atoms with Crippen LogP contribution in [0, 0.1) is 6.92 Å². The Kier molecular flexibility index (Phi) is 3.38. The molecule has 1 N–H and O–H groups in total. The Bertz CT molecular complexity index is 494. The first-order valence-corrected chi connectivity index (χ1v) is 5.72. The van der Waals surface area contributed by atoms with Crippen LogP contribution in [-0.2, 0) is 6.54 Å². The van der Waals surface area contributed by atoms with E-state index in [-0.39, 0.29) is 6.03 Å². The second kappa shape index (κ2) is 4.96. The number of aryl methyl sites for hydroxylation is 1. The molecule has 2 heterocycles. The zero-order valence-electron chi connectivity index (χ0n) is 9.51. The number of hydrogen-bond acceptors (Lipinski definition) is 5. The Labute approximate surface area is 103 Å². The molecule has 6 nitrogen and oxygen atoms in total. The van der Waals surface area contributed by atoms with Crippen molar-refractivity contribution < 1.29 is 9.21 Å². The molecule has 0 bridgehead atoms. The van der Waals surface area contributed by atoms with E-state index in [1.807, 2.05) is 13.0 Å². The average Bonchev–Trinajstić information content (AvgIpc) is 2.91. The van der Waals surface area contributed by atoms with Crippen molar-refractivity contribution in [3.63, 3.8) is 0 Å². The zero-order chi connectivity index (χ0) is 12.3. The van der Waals surface area contributed by atoms with Crippen LogP contribution in [-0.4, -0.2) is 26.7 Å². The molecule has 0 saturated carbocycles. The second-order valence-corrected chi connectivity index (χ2v) is 4.14. The van der Waals surface area contributed by atoms with Gasteiger partial charge in [-0.3, -0.25) is 5.32 Å². The van der Waals surface area contributed by atoms with Crippen molar-refractivity contribution in [3.05, 3.63) is 29.9 Å². The number of hydrogen-bond donors (Lipinski definition) is 1. The zero-order valence-corrected chi connectivity index (χ0v) is 10.3. The summed E-state index contributed by atoms with van der Waals surface area (Å²) in [6.07, 6.45) is 3.13. The highest BCUT2D eigenvalue weighted by molar-refractivity contribution is 6.99. The number of amides is 2. The van der Waals surface area contributed by atoms with Crippen molar-refractivity contribution in [1.29, 1.82) is 0 Å². The Morgan fingerprint density at radius 1 is 1.65 bits per heavy atom. The topological polar surface area (TPSA) is 71.3 Å². The van der Waals surface area contributed by atoms with Crippen LogP contribution in [0.4, 0.5) is 10.6 Å². The summed E-state index contributed by atoms with van der Waals surface area (Å²) in [6, 6.07) is 1.63. The molecule has 0 aromatic carbocycles. The fraction of sp³-hybridized carbons (Fsp3) is 0.300. The molecule has 0 radical (unpaired) electrons. The van der Waals surface area contributed by atoms with Crippen molar-refractivity contribution in [2.45, 2.75) is 13.5 Å². The van der Waals surface area contributed by atoms with Gasteiger partial charge in [-0.2, -0.15) is 8.75 Å². The van der Waals surface area contributed by atoms with Crippen LogP contribution in [0.15, 0.2) is 22.9 Å². The van der Waals surface area contributed by atoms with E-state index in [9.17, 15) is 4.79 Å². The summed E-state index contributed by atoms with van der Waals surface area (Å²) in [7, 11) is 1.71. The second-order valence-electron chi connectivity index (χ2n) is 3.58. The van der Waals surface area contributed by atoms with Gasteiger partial charge >= 0.3 is 6.03 Å². The quantitative estimate of drug-likeness (QED) is 0.908. The third-order valence-electron chi connectivity index (χ3n) is 2.32. The van der Waals surface area contributed by atoms with Gasteiger partial charge in [0.15, 0.2) is 5.82 Å². The van der Waals surface area contributed by atoms with E-state index in [4.69, 9.17) is 4.42 Å². The molecule has 0 aliphatic rings. The number of nitrogens with one attached hydrogen (secondary N) is 1. The van der Waals surface area contributed by atoms with Crippen LogP contribution in [0.1, 0.15) is 11.3 Å². The van der Waals surface area contributed by atoms with E-state index in [0.29, 0.717) is 12.4 Å². The van der Waals surface area contributed by atoms with Gasteiger partial charge in [0, 0.05) is 12.6 Å². The largest absolute Gasteiger partial charge is 0.469 e. The maximum atomic E-state index is 11.8. The summed E-state index contributed by atoms with van der Waals surface area (Å²) in [5.74, 6) is 1.29. The van der Waals surface area contributed by atoms with E-state index in [2.05, 4.69) is 14.1 Å². The number of furan rings is 1. The normalized spacial score (nSPS) is 10.2. The number of rotatable bonds is 3. The molecule has 0 saturated heterocycles. The summed E-state index contributed by atoms with van der Waals surface area (Å²) in [6.45, 7) is 2.36. The number of carbonyl (C=O) groups is 1. The molecule has 2 aromatic heterocycles. The first-order valence-electron chi connectivity index (χ1n) is 4.99. The monoisotopic (exact) mass is 252 g/mol. The Balaban J connectivity index is 1.94. The van der Waals surface area contributed by atoms with E-state index in [0.717, 1.165) is 23.1 Å².